The molecule has 2 atom stereocenters. The Labute approximate surface area is 145 Å². The lowest BCUT2D eigenvalue weighted by Gasteiger charge is -2.27. The number of carbonyl (C=O) groups is 1. The number of likely N-dealkylation sites (N-methyl/N-ethyl adjacent to an activating group) is 1. The van der Waals surface area contributed by atoms with Crippen molar-refractivity contribution in [2.75, 3.05) is 26.2 Å². The largest absolute Gasteiger partial charge is 0.464 e. The van der Waals surface area contributed by atoms with Gasteiger partial charge in [-0.3, -0.25) is 4.79 Å². The fourth-order valence-corrected chi connectivity index (χ4v) is 3.61. The molecule has 1 aromatic rings. The van der Waals surface area contributed by atoms with Gasteiger partial charge in [0.2, 0.25) is 0 Å². The van der Waals surface area contributed by atoms with Gasteiger partial charge in [0.15, 0.2) is 0 Å². The Kier molecular flexibility index (Phi) is 7.73. The molecule has 0 unspecified atom stereocenters. The Morgan fingerprint density at radius 2 is 1.83 bits per heavy atom. The van der Waals surface area contributed by atoms with Crippen LogP contribution in [0.3, 0.4) is 0 Å². The van der Waals surface area contributed by atoms with Crippen molar-refractivity contribution in [3.8, 4) is 0 Å². The van der Waals surface area contributed by atoms with Gasteiger partial charge in [0, 0.05) is 6.54 Å². The topological polar surface area (TPSA) is 49.8 Å². The van der Waals surface area contributed by atoms with Crippen molar-refractivity contribution in [1.82, 2.24) is 4.90 Å². The van der Waals surface area contributed by atoms with Gasteiger partial charge >= 0.3 is 5.97 Å². The first-order valence-electron chi connectivity index (χ1n) is 9.29. The second-order valence-corrected chi connectivity index (χ2v) is 6.62. The average molecular weight is 333 g/mol. The third kappa shape index (κ3) is 5.05. The third-order valence-electron chi connectivity index (χ3n) is 5.18. The summed E-state index contributed by atoms with van der Waals surface area (Å²) in [6.45, 7) is 7.20. The smallest absolute Gasteiger partial charge is 0.316 e. The fourth-order valence-electron chi connectivity index (χ4n) is 3.61. The predicted molar refractivity (Wildman–Crippen MR) is 95.9 cm³/mol. The van der Waals surface area contributed by atoms with Crippen LogP contribution in [0.25, 0.3) is 0 Å². The van der Waals surface area contributed by atoms with Crippen molar-refractivity contribution in [1.29, 1.82) is 0 Å². The van der Waals surface area contributed by atoms with Crippen LogP contribution in [0, 0.1) is 5.92 Å². The molecule has 0 aliphatic heterocycles. The highest BCUT2D eigenvalue weighted by Crippen LogP contribution is 2.35. The molecule has 0 amide bonds. The number of aliphatic hydroxyl groups excluding tert-OH is 1. The Morgan fingerprint density at radius 1 is 1.21 bits per heavy atom. The molecule has 1 saturated carbocycles. The molecule has 1 aromatic carbocycles. The molecule has 4 heteroatoms. The summed E-state index contributed by atoms with van der Waals surface area (Å²) in [5, 5.41) is 10.8. The summed E-state index contributed by atoms with van der Waals surface area (Å²) in [5.74, 6) is -0.677. The summed E-state index contributed by atoms with van der Waals surface area (Å²) in [7, 11) is 0. The molecule has 1 aliphatic carbocycles. The monoisotopic (exact) mass is 333 g/mol. The number of nitrogens with zero attached hydrogens (tertiary/aromatic N) is 1. The molecule has 134 valence electrons. The Bertz CT molecular complexity index is 481. The summed E-state index contributed by atoms with van der Waals surface area (Å²) in [4.78, 5) is 14.9. The minimum absolute atomic E-state index is 0.200. The van der Waals surface area contributed by atoms with E-state index in [2.05, 4.69) is 18.7 Å². The number of aliphatic hydroxyl groups is 1. The number of carbonyl (C=O) groups excluding carboxylic acids is 1. The van der Waals surface area contributed by atoms with Crippen LogP contribution >= 0.6 is 0 Å². The number of hydrogen-bond acceptors (Lipinski definition) is 4. The molecule has 0 heterocycles. The first-order valence-corrected chi connectivity index (χ1v) is 9.29. The van der Waals surface area contributed by atoms with Gasteiger partial charge in [-0.25, -0.2) is 0 Å². The van der Waals surface area contributed by atoms with Crippen LogP contribution in [-0.2, 0) is 9.53 Å². The Hall–Kier alpha value is -1.39. The van der Waals surface area contributed by atoms with Crippen LogP contribution in [0.5, 0.6) is 0 Å². The molecule has 0 aromatic heterocycles. The van der Waals surface area contributed by atoms with Gasteiger partial charge in [0.05, 0.1) is 6.10 Å². The van der Waals surface area contributed by atoms with Crippen molar-refractivity contribution in [3.63, 3.8) is 0 Å². The van der Waals surface area contributed by atoms with E-state index in [1.54, 1.807) is 0 Å². The molecule has 0 radical (unpaired) electrons. The molecular formula is C20H31NO3. The van der Waals surface area contributed by atoms with E-state index in [-0.39, 0.29) is 11.9 Å². The highest BCUT2D eigenvalue weighted by Gasteiger charge is 2.36. The van der Waals surface area contributed by atoms with Gasteiger partial charge in [-0.1, -0.05) is 57.0 Å². The fraction of sp³-hybridized carbons (Fsp3) is 0.650. The number of benzene rings is 1. The maximum absolute atomic E-state index is 12.7. The molecule has 1 fully saturated rings. The first kappa shape index (κ1) is 18.9. The van der Waals surface area contributed by atoms with Gasteiger partial charge in [-0.05, 0) is 37.4 Å². The van der Waals surface area contributed by atoms with Crippen molar-refractivity contribution >= 4 is 5.97 Å². The van der Waals surface area contributed by atoms with E-state index in [1.165, 1.54) is 0 Å². The van der Waals surface area contributed by atoms with E-state index < -0.39 is 12.0 Å². The third-order valence-corrected chi connectivity index (χ3v) is 5.18. The number of rotatable bonds is 9. The second-order valence-electron chi connectivity index (χ2n) is 6.62. The quantitative estimate of drug-likeness (QED) is 0.705. The SMILES string of the molecule is CCN(CC)CCOC(=O)[C@H](c1ccccc1)[C@H](O)C1CCCC1. The predicted octanol–water partition coefficient (Wildman–Crippen LogP) is 3.21. The minimum Gasteiger partial charge on any atom is -0.464 e. The summed E-state index contributed by atoms with van der Waals surface area (Å²) in [6.07, 6.45) is 3.62. The van der Waals surface area contributed by atoms with E-state index in [9.17, 15) is 9.90 Å². The van der Waals surface area contributed by atoms with Crippen molar-refractivity contribution in [3.05, 3.63) is 35.9 Å². The van der Waals surface area contributed by atoms with Crippen LogP contribution in [0.2, 0.25) is 0 Å². The van der Waals surface area contributed by atoms with Crippen LogP contribution in [0.15, 0.2) is 30.3 Å². The molecule has 1 N–H and O–H groups in total. The average Bonchev–Trinajstić information content (AvgIpc) is 3.14. The highest BCUT2D eigenvalue weighted by molar-refractivity contribution is 5.79. The van der Waals surface area contributed by atoms with Gasteiger partial charge in [-0.2, -0.15) is 0 Å². The molecule has 2 rings (SSSR count). The minimum atomic E-state index is -0.657. The summed E-state index contributed by atoms with van der Waals surface area (Å²) in [5.41, 5.74) is 0.852. The maximum atomic E-state index is 12.7. The number of esters is 1. The lowest BCUT2D eigenvalue weighted by atomic mass is 9.85. The van der Waals surface area contributed by atoms with Crippen LogP contribution in [0.1, 0.15) is 51.0 Å². The van der Waals surface area contributed by atoms with Crippen molar-refractivity contribution < 1.29 is 14.6 Å². The maximum Gasteiger partial charge on any atom is 0.316 e. The van der Waals surface area contributed by atoms with Crippen LogP contribution in [-0.4, -0.2) is 48.3 Å². The van der Waals surface area contributed by atoms with Crippen molar-refractivity contribution in [2.24, 2.45) is 5.92 Å². The normalized spacial score (nSPS) is 17.8. The summed E-state index contributed by atoms with van der Waals surface area (Å²) in [6, 6.07) is 9.57. The van der Waals surface area contributed by atoms with Gasteiger partial charge in [0.25, 0.3) is 0 Å². The zero-order valence-electron chi connectivity index (χ0n) is 15.0. The summed E-state index contributed by atoms with van der Waals surface area (Å²) >= 11 is 0. The standard InChI is InChI=1S/C20H31NO3/c1-3-21(4-2)14-15-24-20(23)18(16-10-6-5-7-11-16)19(22)17-12-8-9-13-17/h5-7,10-11,17-19,22H,3-4,8-9,12-15H2,1-2H3/t18-,19-/m1/s1. The highest BCUT2D eigenvalue weighted by atomic mass is 16.5. The van der Waals surface area contributed by atoms with Crippen molar-refractivity contribution in [2.45, 2.75) is 51.6 Å². The van der Waals surface area contributed by atoms with E-state index in [0.717, 1.165) is 50.9 Å². The summed E-state index contributed by atoms with van der Waals surface area (Å²) < 4.78 is 5.53. The molecule has 0 spiro atoms. The van der Waals surface area contributed by atoms with Gasteiger partial charge < -0.3 is 14.7 Å². The Balaban J connectivity index is 2.03. The van der Waals surface area contributed by atoms with E-state index in [4.69, 9.17) is 4.74 Å². The first-order chi connectivity index (χ1) is 11.7. The molecule has 1 aliphatic rings. The molecule has 4 nitrogen and oxygen atoms in total. The molecule has 0 bridgehead atoms. The van der Waals surface area contributed by atoms with Crippen LogP contribution < -0.4 is 0 Å². The molecule has 24 heavy (non-hydrogen) atoms. The lowest BCUT2D eigenvalue weighted by Crippen LogP contribution is -2.34. The second kappa shape index (κ2) is 9.80. The van der Waals surface area contributed by atoms with Crippen LogP contribution in [0.4, 0.5) is 0 Å². The lowest BCUT2D eigenvalue weighted by molar-refractivity contribution is -0.149. The van der Waals surface area contributed by atoms with Gasteiger partial charge in [0.1, 0.15) is 12.5 Å². The number of hydrogen-bond donors (Lipinski definition) is 1. The molecule has 0 saturated heterocycles. The van der Waals surface area contributed by atoms with E-state index in [1.807, 2.05) is 30.3 Å². The molecular weight excluding hydrogens is 302 g/mol. The van der Waals surface area contributed by atoms with E-state index in [0.29, 0.717) is 6.61 Å². The Morgan fingerprint density at radius 3 is 2.42 bits per heavy atom. The van der Waals surface area contributed by atoms with E-state index >= 15 is 0 Å². The zero-order chi connectivity index (χ0) is 17.4. The zero-order valence-corrected chi connectivity index (χ0v) is 15.0. The van der Waals surface area contributed by atoms with Gasteiger partial charge in [-0.15, -0.1) is 0 Å². The number of ether oxygens (including phenoxy) is 1.